The number of carbonyl (C=O) groups excluding carboxylic acids is 1. The summed E-state index contributed by atoms with van der Waals surface area (Å²) in [7, 11) is 1.66. The maximum absolute atomic E-state index is 12.4. The van der Waals surface area contributed by atoms with Gasteiger partial charge in [0.1, 0.15) is 5.75 Å². The minimum Gasteiger partial charge on any atom is -0.497 e. The molecule has 0 unspecified atom stereocenters. The highest BCUT2D eigenvalue weighted by Crippen LogP contribution is 2.27. The Kier molecular flexibility index (Phi) is 5.71. The van der Waals surface area contributed by atoms with Crippen LogP contribution >= 0.6 is 11.9 Å². The minimum absolute atomic E-state index is 0.108. The largest absolute Gasteiger partial charge is 0.497 e. The number of amides is 2. The van der Waals surface area contributed by atoms with Crippen molar-refractivity contribution >= 4 is 29.4 Å². The predicted octanol–water partition coefficient (Wildman–Crippen LogP) is 4.47. The number of urea groups is 1. The van der Waals surface area contributed by atoms with E-state index < -0.39 is 0 Å². The van der Waals surface area contributed by atoms with E-state index in [1.165, 1.54) is 11.9 Å². The van der Waals surface area contributed by atoms with Crippen LogP contribution in [0.25, 0.3) is 0 Å². The lowest BCUT2D eigenvalue weighted by Gasteiger charge is -2.18. The van der Waals surface area contributed by atoms with Gasteiger partial charge in [0.05, 0.1) is 7.11 Å². The summed E-state index contributed by atoms with van der Waals surface area (Å²) in [5.41, 5.74) is 1.94. The van der Waals surface area contributed by atoms with Gasteiger partial charge in [-0.3, -0.25) is 4.90 Å². The Hall–Kier alpha value is -2.34. The summed E-state index contributed by atoms with van der Waals surface area (Å²) < 4.78 is 8.53. The van der Waals surface area contributed by atoms with Crippen molar-refractivity contribution in [3.05, 3.63) is 48.5 Å². The SMILES string of the molecule is CCCN1CCN(c2ccc(SNc3cccc(OC)c3)cc2)C1=O. The molecule has 0 spiro atoms. The molecule has 5 nitrogen and oxygen atoms in total. The molecule has 0 aliphatic carbocycles. The highest BCUT2D eigenvalue weighted by atomic mass is 32.2. The first kappa shape index (κ1) is 17.5. The molecule has 2 amide bonds. The second kappa shape index (κ2) is 8.16. The maximum atomic E-state index is 12.4. The number of carbonyl (C=O) groups is 1. The Morgan fingerprint density at radius 2 is 1.96 bits per heavy atom. The topological polar surface area (TPSA) is 44.8 Å². The van der Waals surface area contributed by atoms with Gasteiger partial charge < -0.3 is 14.4 Å². The molecule has 2 aromatic rings. The van der Waals surface area contributed by atoms with Gasteiger partial charge in [-0.15, -0.1) is 0 Å². The number of benzene rings is 2. The van der Waals surface area contributed by atoms with Gasteiger partial charge in [-0.2, -0.15) is 0 Å². The fourth-order valence-corrected chi connectivity index (χ4v) is 3.43. The monoisotopic (exact) mass is 357 g/mol. The predicted molar refractivity (Wildman–Crippen MR) is 104 cm³/mol. The third kappa shape index (κ3) is 4.20. The standard InChI is InChI=1S/C19H23N3O2S/c1-3-11-21-12-13-22(19(21)23)16-7-9-18(10-8-16)25-20-15-5-4-6-17(14-15)24-2/h4-10,14,20H,3,11-13H2,1-2H3. The van der Waals surface area contributed by atoms with Gasteiger partial charge in [-0.1, -0.05) is 13.0 Å². The van der Waals surface area contributed by atoms with Crippen LogP contribution in [0.4, 0.5) is 16.2 Å². The molecule has 0 saturated carbocycles. The lowest BCUT2D eigenvalue weighted by atomic mass is 10.3. The summed E-state index contributed by atoms with van der Waals surface area (Å²) in [5, 5.41) is 0. The van der Waals surface area contributed by atoms with E-state index in [1.54, 1.807) is 7.11 Å². The van der Waals surface area contributed by atoms with E-state index in [-0.39, 0.29) is 6.03 Å². The van der Waals surface area contributed by atoms with Crippen LogP contribution in [-0.4, -0.2) is 37.7 Å². The summed E-state index contributed by atoms with van der Waals surface area (Å²) in [6.45, 7) is 4.49. The number of hydrogen-bond donors (Lipinski definition) is 1. The van der Waals surface area contributed by atoms with Gasteiger partial charge in [0.25, 0.3) is 0 Å². The van der Waals surface area contributed by atoms with E-state index in [4.69, 9.17) is 4.74 Å². The number of nitrogens with zero attached hydrogens (tertiary/aromatic N) is 2. The van der Waals surface area contributed by atoms with Gasteiger partial charge in [0.15, 0.2) is 0 Å². The van der Waals surface area contributed by atoms with Crippen LogP contribution in [0.3, 0.4) is 0 Å². The third-order valence-electron chi connectivity index (χ3n) is 4.09. The zero-order valence-electron chi connectivity index (χ0n) is 14.6. The van der Waals surface area contributed by atoms with Crippen molar-refractivity contribution in [2.45, 2.75) is 18.2 Å². The van der Waals surface area contributed by atoms with Crippen molar-refractivity contribution in [3.8, 4) is 5.75 Å². The molecule has 1 heterocycles. The molecule has 0 bridgehead atoms. The summed E-state index contributed by atoms with van der Waals surface area (Å²) in [6, 6.07) is 16.0. The van der Waals surface area contributed by atoms with E-state index in [0.717, 1.165) is 48.1 Å². The molecule has 2 aromatic carbocycles. The Morgan fingerprint density at radius 3 is 2.68 bits per heavy atom. The molecule has 1 aliphatic rings. The van der Waals surface area contributed by atoms with Crippen LogP contribution in [-0.2, 0) is 0 Å². The van der Waals surface area contributed by atoms with E-state index in [0.29, 0.717) is 0 Å². The van der Waals surface area contributed by atoms with E-state index in [2.05, 4.69) is 11.6 Å². The van der Waals surface area contributed by atoms with Crippen LogP contribution in [0.5, 0.6) is 5.75 Å². The molecule has 0 aromatic heterocycles. The number of nitrogens with one attached hydrogen (secondary N) is 1. The van der Waals surface area contributed by atoms with E-state index in [9.17, 15) is 4.79 Å². The Labute approximate surface area is 153 Å². The second-order valence-corrected chi connectivity index (χ2v) is 6.73. The molecule has 25 heavy (non-hydrogen) atoms. The Morgan fingerprint density at radius 1 is 1.16 bits per heavy atom. The average molecular weight is 357 g/mol. The molecule has 1 N–H and O–H groups in total. The molecule has 1 aliphatic heterocycles. The second-order valence-electron chi connectivity index (χ2n) is 5.85. The van der Waals surface area contributed by atoms with Crippen molar-refractivity contribution in [1.82, 2.24) is 4.90 Å². The molecular formula is C19H23N3O2S. The van der Waals surface area contributed by atoms with Crippen LogP contribution in [0.2, 0.25) is 0 Å². The molecule has 6 heteroatoms. The van der Waals surface area contributed by atoms with Gasteiger partial charge in [-0.05, 0) is 54.8 Å². The molecule has 3 rings (SSSR count). The van der Waals surface area contributed by atoms with Crippen molar-refractivity contribution in [2.24, 2.45) is 0 Å². The van der Waals surface area contributed by atoms with Gasteiger partial charge in [0.2, 0.25) is 0 Å². The highest BCUT2D eigenvalue weighted by Gasteiger charge is 2.28. The van der Waals surface area contributed by atoms with Crippen LogP contribution < -0.4 is 14.4 Å². The van der Waals surface area contributed by atoms with E-state index >= 15 is 0 Å². The summed E-state index contributed by atoms with van der Waals surface area (Å²) in [4.78, 5) is 17.2. The van der Waals surface area contributed by atoms with Crippen molar-refractivity contribution in [1.29, 1.82) is 0 Å². The summed E-state index contributed by atoms with van der Waals surface area (Å²) >= 11 is 1.53. The first-order valence-electron chi connectivity index (χ1n) is 8.44. The van der Waals surface area contributed by atoms with Crippen LogP contribution in [0.1, 0.15) is 13.3 Å². The lowest BCUT2D eigenvalue weighted by molar-refractivity contribution is 0.220. The molecule has 0 atom stereocenters. The van der Waals surface area contributed by atoms with Crippen molar-refractivity contribution in [2.75, 3.05) is 36.4 Å². The molecule has 1 fully saturated rings. The number of hydrogen-bond acceptors (Lipinski definition) is 4. The number of anilines is 2. The first-order chi connectivity index (χ1) is 12.2. The smallest absolute Gasteiger partial charge is 0.324 e. The molecule has 1 saturated heterocycles. The number of ether oxygens (including phenoxy) is 1. The zero-order chi connectivity index (χ0) is 17.6. The molecular weight excluding hydrogens is 334 g/mol. The van der Waals surface area contributed by atoms with Crippen LogP contribution in [0, 0.1) is 0 Å². The summed E-state index contributed by atoms with van der Waals surface area (Å²) in [5.74, 6) is 0.824. The minimum atomic E-state index is 0.108. The van der Waals surface area contributed by atoms with Gasteiger partial charge in [0, 0.05) is 42.0 Å². The number of rotatable bonds is 7. The normalized spacial score (nSPS) is 14.1. The van der Waals surface area contributed by atoms with Crippen LogP contribution in [0.15, 0.2) is 53.4 Å². The zero-order valence-corrected chi connectivity index (χ0v) is 15.4. The fraction of sp³-hybridized carbons (Fsp3) is 0.316. The third-order valence-corrected chi connectivity index (χ3v) is 4.94. The quantitative estimate of drug-likeness (QED) is 0.743. The maximum Gasteiger partial charge on any atom is 0.324 e. The van der Waals surface area contributed by atoms with Gasteiger partial charge in [-0.25, -0.2) is 4.79 Å². The highest BCUT2D eigenvalue weighted by molar-refractivity contribution is 8.00. The van der Waals surface area contributed by atoms with E-state index in [1.807, 2.05) is 58.3 Å². The average Bonchev–Trinajstić information content (AvgIpc) is 3.01. The summed E-state index contributed by atoms with van der Waals surface area (Å²) in [6.07, 6.45) is 0.991. The Balaban J connectivity index is 1.60. The number of methoxy groups -OCH3 is 1. The molecule has 0 radical (unpaired) electrons. The van der Waals surface area contributed by atoms with Crippen molar-refractivity contribution in [3.63, 3.8) is 0 Å². The first-order valence-corrected chi connectivity index (χ1v) is 9.26. The van der Waals surface area contributed by atoms with Gasteiger partial charge >= 0.3 is 6.03 Å². The fourth-order valence-electron chi connectivity index (χ4n) is 2.80. The Bertz CT molecular complexity index is 721. The molecule has 132 valence electrons. The van der Waals surface area contributed by atoms with Crippen molar-refractivity contribution < 1.29 is 9.53 Å². The lowest BCUT2D eigenvalue weighted by Crippen LogP contribution is -2.32.